The van der Waals surface area contributed by atoms with Crippen LogP contribution >= 0.6 is 0 Å². The van der Waals surface area contributed by atoms with Crippen molar-refractivity contribution in [1.82, 2.24) is 10.3 Å². The first kappa shape index (κ1) is 16.7. The lowest BCUT2D eigenvalue weighted by Crippen LogP contribution is -2.53. The van der Waals surface area contributed by atoms with Gasteiger partial charge < -0.3 is 15.0 Å². The molecule has 1 amide bonds. The van der Waals surface area contributed by atoms with Crippen molar-refractivity contribution in [2.24, 2.45) is 5.41 Å². The van der Waals surface area contributed by atoms with E-state index in [-0.39, 0.29) is 17.7 Å². The molecular weight excluding hydrogens is 328 g/mol. The first-order valence-corrected chi connectivity index (χ1v) is 8.81. The average Bonchev–Trinajstić information content (AvgIpc) is 3.18. The Kier molecular flexibility index (Phi) is 3.76. The Balaban J connectivity index is 1.49. The summed E-state index contributed by atoms with van der Waals surface area (Å²) in [4.78, 5) is 17.8. The monoisotopic (exact) mass is 351 g/mol. The van der Waals surface area contributed by atoms with Crippen LogP contribution < -0.4 is 10.2 Å². The summed E-state index contributed by atoms with van der Waals surface area (Å²) in [5, 5.41) is 2.71. The second-order valence-corrected chi connectivity index (χ2v) is 7.89. The van der Waals surface area contributed by atoms with Crippen LogP contribution in [0.2, 0.25) is 0 Å². The summed E-state index contributed by atoms with van der Waals surface area (Å²) in [6, 6.07) is 1.74. The summed E-state index contributed by atoms with van der Waals surface area (Å²) in [5.41, 5.74) is 2.03. The topological polar surface area (TPSA) is 54.5 Å². The van der Waals surface area contributed by atoms with E-state index in [0.717, 1.165) is 18.4 Å². The van der Waals surface area contributed by atoms with E-state index >= 15 is 0 Å². The van der Waals surface area contributed by atoms with Crippen molar-refractivity contribution >= 4 is 11.7 Å². The molecule has 1 aliphatic carbocycles. The molecule has 4 rings (SSSR count). The highest BCUT2D eigenvalue weighted by Crippen LogP contribution is 2.46. The number of ether oxygens (including phenoxy) is 1. The van der Waals surface area contributed by atoms with E-state index in [4.69, 9.17) is 4.74 Å². The van der Waals surface area contributed by atoms with E-state index in [1.54, 1.807) is 11.0 Å². The average molecular weight is 351 g/mol. The largest absolute Gasteiger partial charge is 0.371 e. The molecule has 7 heteroatoms. The molecule has 5 nitrogen and oxygen atoms in total. The Hall–Kier alpha value is -1.76. The van der Waals surface area contributed by atoms with Gasteiger partial charge in [0.05, 0.1) is 31.0 Å². The summed E-state index contributed by atoms with van der Waals surface area (Å²) in [7, 11) is 0. The Labute approximate surface area is 145 Å². The fourth-order valence-corrected chi connectivity index (χ4v) is 3.52. The summed E-state index contributed by atoms with van der Waals surface area (Å²) >= 11 is 0. The normalized spacial score (nSPS) is 26.3. The van der Waals surface area contributed by atoms with Crippen molar-refractivity contribution in [1.29, 1.82) is 0 Å². The molecule has 1 saturated heterocycles. The third-order valence-corrected chi connectivity index (χ3v) is 5.50. The van der Waals surface area contributed by atoms with Crippen molar-refractivity contribution in [3.8, 4) is 0 Å². The van der Waals surface area contributed by atoms with Crippen molar-refractivity contribution in [2.75, 3.05) is 24.6 Å². The van der Waals surface area contributed by atoms with Crippen LogP contribution in [-0.2, 0) is 11.3 Å². The van der Waals surface area contributed by atoms with E-state index in [1.807, 2.05) is 6.92 Å². The number of carbonyl (C=O) groups excluding carboxylic acids is 1. The van der Waals surface area contributed by atoms with Crippen molar-refractivity contribution < 1.29 is 18.3 Å². The number of fused-ring (bicyclic) bond motifs is 1. The second kappa shape index (κ2) is 5.62. The molecule has 0 aromatic carbocycles. The number of nitrogens with one attached hydrogen (secondary N) is 1. The molecule has 1 aromatic rings. The van der Waals surface area contributed by atoms with Crippen molar-refractivity contribution in [3.05, 3.63) is 22.9 Å². The summed E-state index contributed by atoms with van der Waals surface area (Å²) in [5.74, 6) is -2.52. The van der Waals surface area contributed by atoms with E-state index in [2.05, 4.69) is 17.2 Å². The molecule has 1 N–H and O–H groups in total. The van der Waals surface area contributed by atoms with Gasteiger partial charge in [-0.3, -0.25) is 4.79 Å². The van der Waals surface area contributed by atoms with Crippen LogP contribution in [0.3, 0.4) is 0 Å². The lowest BCUT2D eigenvalue weighted by Gasteiger charge is -2.39. The number of aromatic nitrogens is 1. The predicted octanol–water partition coefficient (Wildman–Crippen LogP) is 2.66. The second-order valence-electron chi connectivity index (χ2n) is 7.89. The highest BCUT2D eigenvalue weighted by Gasteiger charge is 2.48. The highest BCUT2D eigenvalue weighted by atomic mass is 19.3. The van der Waals surface area contributed by atoms with Gasteiger partial charge in [0, 0.05) is 6.54 Å². The number of hydrogen-bond acceptors (Lipinski definition) is 4. The van der Waals surface area contributed by atoms with Gasteiger partial charge in [-0.15, -0.1) is 0 Å². The molecule has 3 aliphatic rings. The Morgan fingerprint density at radius 1 is 1.44 bits per heavy atom. The Morgan fingerprint density at radius 3 is 2.88 bits per heavy atom. The molecule has 1 atom stereocenters. The van der Waals surface area contributed by atoms with Crippen LogP contribution in [-0.4, -0.2) is 42.6 Å². The number of anilines is 1. The number of halogens is 2. The van der Waals surface area contributed by atoms with Gasteiger partial charge in [-0.2, -0.15) is 0 Å². The zero-order valence-electron chi connectivity index (χ0n) is 14.6. The number of hydrogen-bond donors (Lipinski definition) is 1. The van der Waals surface area contributed by atoms with E-state index in [0.29, 0.717) is 36.8 Å². The number of piperidine rings is 1. The third kappa shape index (κ3) is 3.10. The van der Waals surface area contributed by atoms with Crippen LogP contribution in [0.1, 0.15) is 47.8 Å². The van der Waals surface area contributed by atoms with Crippen LogP contribution in [0.25, 0.3) is 0 Å². The molecule has 25 heavy (non-hydrogen) atoms. The summed E-state index contributed by atoms with van der Waals surface area (Å²) in [6.45, 7) is 4.73. The van der Waals surface area contributed by atoms with Gasteiger partial charge in [0.2, 0.25) is 0 Å². The van der Waals surface area contributed by atoms with Crippen molar-refractivity contribution in [2.45, 2.75) is 51.7 Å². The lowest BCUT2D eigenvalue weighted by atomic mass is 10.0. The van der Waals surface area contributed by atoms with Crippen LogP contribution in [0.15, 0.2) is 6.07 Å². The minimum absolute atomic E-state index is 0.102. The standard InChI is InChI=1S/C18H23F2N3O2/c1-11-7-12-13(8-21-16(12)24)22-15(11)23-6-3-14(18(19,20)9-23)25-10-17(2)4-5-17/h7,14H,3-6,8-10H2,1-2H3,(H,21,24). The number of rotatable bonds is 4. The fraction of sp³-hybridized carbons (Fsp3) is 0.667. The highest BCUT2D eigenvalue weighted by molar-refractivity contribution is 5.98. The van der Waals surface area contributed by atoms with Gasteiger partial charge in [0.25, 0.3) is 11.8 Å². The molecule has 3 heterocycles. The minimum Gasteiger partial charge on any atom is -0.371 e. The number of aryl methyl sites for hydroxylation is 1. The number of nitrogens with zero attached hydrogens (tertiary/aromatic N) is 2. The first-order valence-electron chi connectivity index (χ1n) is 8.81. The zero-order valence-corrected chi connectivity index (χ0v) is 14.6. The SMILES string of the molecule is Cc1cc2c(nc1N1CCC(OCC3(C)CC3)C(F)(F)C1)CNC2=O. The maximum atomic E-state index is 14.6. The Morgan fingerprint density at radius 2 is 2.20 bits per heavy atom. The summed E-state index contributed by atoms with van der Waals surface area (Å²) < 4.78 is 34.8. The van der Waals surface area contributed by atoms with Crippen LogP contribution in [0, 0.1) is 12.3 Å². The zero-order chi connectivity index (χ0) is 17.8. The number of alkyl halides is 2. The number of pyridine rings is 1. The minimum atomic E-state index is -2.91. The summed E-state index contributed by atoms with van der Waals surface area (Å²) in [6.07, 6.45) is 1.36. The molecule has 0 radical (unpaired) electrons. The molecule has 0 bridgehead atoms. The smallest absolute Gasteiger partial charge is 0.290 e. The Bertz CT molecular complexity index is 719. The third-order valence-electron chi connectivity index (χ3n) is 5.50. The number of amides is 1. The lowest BCUT2D eigenvalue weighted by molar-refractivity contribution is -0.149. The maximum absolute atomic E-state index is 14.6. The maximum Gasteiger partial charge on any atom is 0.290 e. The molecule has 0 spiro atoms. The molecule has 2 fully saturated rings. The van der Waals surface area contributed by atoms with Crippen LogP contribution in [0.5, 0.6) is 0 Å². The predicted molar refractivity (Wildman–Crippen MR) is 89.0 cm³/mol. The van der Waals surface area contributed by atoms with Gasteiger partial charge in [-0.05, 0) is 43.2 Å². The van der Waals surface area contributed by atoms with Gasteiger partial charge in [0.1, 0.15) is 11.9 Å². The fourth-order valence-electron chi connectivity index (χ4n) is 3.52. The molecule has 136 valence electrons. The van der Waals surface area contributed by atoms with Gasteiger partial charge >= 0.3 is 0 Å². The molecular formula is C18H23F2N3O2. The van der Waals surface area contributed by atoms with E-state index in [1.165, 1.54) is 0 Å². The van der Waals surface area contributed by atoms with Crippen LogP contribution in [0.4, 0.5) is 14.6 Å². The first-order chi connectivity index (χ1) is 11.8. The van der Waals surface area contributed by atoms with E-state index < -0.39 is 18.6 Å². The van der Waals surface area contributed by atoms with Gasteiger partial charge in [-0.25, -0.2) is 13.8 Å². The molecule has 1 aromatic heterocycles. The van der Waals surface area contributed by atoms with E-state index in [9.17, 15) is 13.6 Å². The van der Waals surface area contributed by atoms with Gasteiger partial charge in [0.15, 0.2) is 0 Å². The van der Waals surface area contributed by atoms with Gasteiger partial charge in [-0.1, -0.05) is 6.92 Å². The quantitative estimate of drug-likeness (QED) is 0.906. The molecule has 1 saturated carbocycles. The molecule has 1 unspecified atom stereocenters. The van der Waals surface area contributed by atoms with Crippen molar-refractivity contribution in [3.63, 3.8) is 0 Å². The number of carbonyl (C=O) groups is 1. The molecule has 2 aliphatic heterocycles.